The molecule has 0 aliphatic carbocycles. The van der Waals surface area contributed by atoms with Crippen LogP contribution in [-0.2, 0) is 0 Å². The zero-order valence-corrected chi connectivity index (χ0v) is 28.2. The van der Waals surface area contributed by atoms with E-state index in [0.717, 1.165) is 38.4 Å². The molecule has 10 aromatic rings. The van der Waals surface area contributed by atoms with Crippen LogP contribution in [-0.4, -0.2) is 15.0 Å². The summed E-state index contributed by atoms with van der Waals surface area (Å²) in [6.45, 7) is 0. The smallest absolute Gasteiger partial charge is 0.164 e. The molecule has 3 heteroatoms. The molecule has 1 heterocycles. The summed E-state index contributed by atoms with van der Waals surface area (Å²) < 4.78 is 0. The topological polar surface area (TPSA) is 38.7 Å². The minimum Gasteiger partial charge on any atom is -0.208 e. The summed E-state index contributed by atoms with van der Waals surface area (Å²) in [4.78, 5) is 15.5. The molecule has 0 saturated carbocycles. The molecule has 0 saturated heterocycles. The largest absolute Gasteiger partial charge is 0.208 e. The minimum absolute atomic E-state index is 0.639. The van der Waals surface area contributed by atoms with Crippen LogP contribution in [0.2, 0.25) is 0 Å². The van der Waals surface area contributed by atoms with E-state index in [9.17, 15) is 0 Å². The highest BCUT2D eigenvalue weighted by atomic mass is 15.0. The molecule has 10 rings (SSSR count). The van der Waals surface area contributed by atoms with Crippen LogP contribution in [0.15, 0.2) is 188 Å². The second kappa shape index (κ2) is 12.4. The van der Waals surface area contributed by atoms with Crippen molar-refractivity contribution in [3.63, 3.8) is 0 Å². The van der Waals surface area contributed by atoms with Gasteiger partial charge in [-0.1, -0.05) is 170 Å². The van der Waals surface area contributed by atoms with E-state index in [0.29, 0.717) is 17.5 Å². The van der Waals surface area contributed by atoms with Crippen molar-refractivity contribution < 1.29 is 0 Å². The molecule has 0 atom stereocenters. The third kappa shape index (κ3) is 5.28. The van der Waals surface area contributed by atoms with Crippen LogP contribution < -0.4 is 0 Å². The van der Waals surface area contributed by atoms with E-state index in [1.165, 1.54) is 43.6 Å². The molecule has 0 aliphatic rings. The molecule has 52 heavy (non-hydrogen) atoms. The first-order chi connectivity index (χ1) is 25.7. The first-order valence-corrected chi connectivity index (χ1v) is 17.6. The maximum atomic E-state index is 5.19. The van der Waals surface area contributed by atoms with Crippen molar-refractivity contribution in [1.82, 2.24) is 15.0 Å². The zero-order valence-electron chi connectivity index (χ0n) is 28.2. The van der Waals surface area contributed by atoms with Crippen LogP contribution in [0.4, 0.5) is 0 Å². The summed E-state index contributed by atoms with van der Waals surface area (Å²) >= 11 is 0. The van der Waals surface area contributed by atoms with Gasteiger partial charge in [-0.05, 0) is 83.5 Å². The maximum absolute atomic E-state index is 5.19. The molecule has 0 radical (unpaired) electrons. The fourth-order valence-electron chi connectivity index (χ4n) is 7.45. The van der Waals surface area contributed by atoms with Crippen molar-refractivity contribution >= 4 is 43.1 Å². The van der Waals surface area contributed by atoms with Crippen molar-refractivity contribution in [2.75, 3.05) is 0 Å². The number of hydrogen-bond donors (Lipinski definition) is 0. The van der Waals surface area contributed by atoms with Gasteiger partial charge in [0.15, 0.2) is 17.5 Å². The highest BCUT2D eigenvalue weighted by Gasteiger charge is 2.17. The van der Waals surface area contributed by atoms with Crippen molar-refractivity contribution in [3.05, 3.63) is 188 Å². The first kappa shape index (κ1) is 29.9. The van der Waals surface area contributed by atoms with Crippen LogP contribution in [0.3, 0.4) is 0 Å². The highest BCUT2D eigenvalue weighted by Crippen LogP contribution is 2.38. The van der Waals surface area contributed by atoms with E-state index < -0.39 is 0 Å². The van der Waals surface area contributed by atoms with Gasteiger partial charge in [-0.15, -0.1) is 0 Å². The van der Waals surface area contributed by atoms with Crippen LogP contribution in [0, 0.1) is 0 Å². The molecule has 9 aromatic carbocycles. The average molecular weight is 662 g/mol. The molecular weight excluding hydrogens is 631 g/mol. The molecule has 0 N–H and O–H groups in total. The van der Waals surface area contributed by atoms with Crippen LogP contribution >= 0.6 is 0 Å². The van der Waals surface area contributed by atoms with Crippen LogP contribution in [0.25, 0.3) is 99.5 Å². The number of fused-ring (bicyclic) bond motifs is 4. The Labute approximate surface area is 301 Å². The van der Waals surface area contributed by atoms with Crippen LogP contribution in [0.1, 0.15) is 0 Å². The second-order valence-electron chi connectivity index (χ2n) is 13.2. The lowest BCUT2D eigenvalue weighted by atomic mass is 9.92. The maximum Gasteiger partial charge on any atom is 0.164 e. The van der Waals surface area contributed by atoms with Gasteiger partial charge in [-0.3, -0.25) is 0 Å². The molecule has 0 unspecified atom stereocenters. The minimum atomic E-state index is 0.639. The predicted octanol–water partition coefficient (Wildman–Crippen LogP) is 12.8. The third-order valence-corrected chi connectivity index (χ3v) is 10.1. The SMILES string of the molecule is c1ccc2cc(-c3ccc(-c4nc(-c5ccc6ccccc6c5)nc(-c5ccc(-c6cccc7ccccc67)c6ccccc56)n4)cc3)ccc2c1. The Morgan fingerprint density at radius 2 is 0.673 bits per heavy atom. The molecule has 0 spiro atoms. The Morgan fingerprint density at radius 1 is 0.231 bits per heavy atom. The fourth-order valence-corrected chi connectivity index (χ4v) is 7.45. The van der Waals surface area contributed by atoms with Gasteiger partial charge >= 0.3 is 0 Å². The van der Waals surface area contributed by atoms with Gasteiger partial charge < -0.3 is 0 Å². The third-order valence-electron chi connectivity index (χ3n) is 10.1. The molecule has 0 aliphatic heterocycles. The quantitative estimate of drug-likeness (QED) is 0.184. The van der Waals surface area contributed by atoms with Gasteiger partial charge in [0, 0.05) is 16.7 Å². The Balaban J connectivity index is 1.13. The van der Waals surface area contributed by atoms with E-state index in [1.807, 2.05) is 0 Å². The molecule has 242 valence electrons. The van der Waals surface area contributed by atoms with E-state index in [-0.39, 0.29) is 0 Å². The van der Waals surface area contributed by atoms with Gasteiger partial charge in [0.2, 0.25) is 0 Å². The van der Waals surface area contributed by atoms with Gasteiger partial charge in [-0.25, -0.2) is 15.0 Å². The molecule has 1 aromatic heterocycles. The summed E-state index contributed by atoms with van der Waals surface area (Å²) in [5.41, 5.74) is 7.58. The predicted molar refractivity (Wildman–Crippen MR) is 217 cm³/mol. The van der Waals surface area contributed by atoms with Crippen molar-refractivity contribution in [2.24, 2.45) is 0 Å². The van der Waals surface area contributed by atoms with Gasteiger partial charge in [0.1, 0.15) is 0 Å². The fraction of sp³-hybridized carbons (Fsp3) is 0. The average Bonchev–Trinajstić information content (AvgIpc) is 3.22. The number of benzene rings is 9. The van der Waals surface area contributed by atoms with E-state index >= 15 is 0 Å². The number of rotatable bonds is 5. The normalized spacial score (nSPS) is 11.5. The first-order valence-electron chi connectivity index (χ1n) is 17.6. The summed E-state index contributed by atoms with van der Waals surface area (Å²) in [5, 5.41) is 9.50. The standard InChI is InChI=1S/C49H31N3/c1-3-13-37-30-39(26-22-32(37)10-1)34-20-24-36(25-21-34)47-50-48(40-27-23-33-11-2-4-14-38(33)31-40)52-49(51-47)46-29-28-45(43-17-7-8-18-44(43)46)42-19-9-15-35-12-5-6-16-41(35)42/h1-31H. The number of nitrogens with zero attached hydrogens (tertiary/aromatic N) is 3. The zero-order chi connectivity index (χ0) is 34.4. The van der Waals surface area contributed by atoms with Gasteiger partial charge in [-0.2, -0.15) is 0 Å². The summed E-state index contributed by atoms with van der Waals surface area (Å²) in [7, 11) is 0. The van der Waals surface area contributed by atoms with E-state index in [4.69, 9.17) is 15.0 Å². The Morgan fingerprint density at radius 3 is 1.38 bits per heavy atom. The van der Waals surface area contributed by atoms with Gasteiger partial charge in [0.05, 0.1) is 0 Å². The van der Waals surface area contributed by atoms with Crippen LogP contribution in [0.5, 0.6) is 0 Å². The summed E-state index contributed by atoms with van der Waals surface area (Å²) in [5.74, 6) is 1.93. The summed E-state index contributed by atoms with van der Waals surface area (Å²) in [6.07, 6.45) is 0. The molecular formula is C49H31N3. The monoisotopic (exact) mass is 661 g/mol. The van der Waals surface area contributed by atoms with Crippen molar-refractivity contribution in [2.45, 2.75) is 0 Å². The Hall–Kier alpha value is -6.97. The molecule has 0 bridgehead atoms. The van der Waals surface area contributed by atoms with Gasteiger partial charge in [0.25, 0.3) is 0 Å². The lowest BCUT2D eigenvalue weighted by Crippen LogP contribution is -2.01. The number of hydrogen-bond acceptors (Lipinski definition) is 3. The Kier molecular flexibility index (Phi) is 7.14. The number of aromatic nitrogens is 3. The molecule has 3 nitrogen and oxygen atoms in total. The lowest BCUT2D eigenvalue weighted by Gasteiger charge is -2.14. The molecule has 0 amide bonds. The van der Waals surface area contributed by atoms with E-state index in [1.54, 1.807) is 0 Å². The summed E-state index contributed by atoms with van der Waals surface area (Å²) in [6, 6.07) is 66.5. The lowest BCUT2D eigenvalue weighted by molar-refractivity contribution is 1.08. The highest BCUT2D eigenvalue weighted by molar-refractivity contribution is 6.09. The van der Waals surface area contributed by atoms with E-state index in [2.05, 4.69) is 188 Å². The molecule has 0 fully saturated rings. The van der Waals surface area contributed by atoms with Crippen molar-refractivity contribution in [3.8, 4) is 56.4 Å². The second-order valence-corrected chi connectivity index (χ2v) is 13.2. The van der Waals surface area contributed by atoms with Crippen molar-refractivity contribution in [1.29, 1.82) is 0 Å². The Bertz CT molecular complexity index is 2960.